The maximum Gasteiger partial charge on any atom is 0.326 e. The lowest BCUT2D eigenvalue weighted by Gasteiger charge is -2.09. The van der Waals surface area contributed by atoms with Crippen molar-refractivity contribution in [1.29, 1.82) is 0 Å². The molecule has 0 unspecified atom stereocenters. The minimum atomic E-state index is -0.542. The highest BCUT2D eigenvalue weighted by Crippen LogP contribution is 2.23. The van der Waals surface area contributed by atoms with Crippen LogP contribution in [-0.4, -0.2) is 24.7 Å². The Hall–Kier alpha value is -3.48. The first kappa shape index (κ1) is 14.1. The fraction of sp³-hybridized carbons (Fsp3) is 0.0588. The fourth-order valence-electron chi connectivity index (χ4n) is 2.71. The number of aromatic nitrogens is 5. The molecule has 4 rings (SSSR count). The largest absolute Gasteiger partial charge is 0.326 e. The zero-order valence-electron chi connectivity index (χ0n) is 12.8. The Balaban J connectivity index is 1.98. The molecule has 0 aliphatic heterocycles. The summed E-state index contributed by atoms with van der Waals surface area (Å²) < 4.78 is 1.76. The molecule has 7 nitrogen and oxygen atoms in total. The number of nitrogens with zero attached hydrogens (tertiary/aromatic N) is 3. The van der Waals surface area contributed by atoms with Crippen molar-refractivity contribution in [3.8, 4) is 17.1 Å². The van der Waals surface area contributed by atoms with Crippen LogP contribution in [-0.2, 0) is 0 Å². The van der Waals surface area contributed by atoms with Crippen molar-refractivity contribution >= 4 is 11.0 Å². The third-order valence-electron chi connectivity index (χ3n) is 3.80. The van der Waals surface area contributed by atoms with Gasteiger partial charge in [0.05, 0.1) is 28.8 Å². The van der Waals surface area contributed by atoms with E-state index in [1.165, 1.54) is 0 Å². The van der Waals surface area contributed by atoms with Crippen LogP contribution in [0, 0.1) is 6.92 Å². The predicted octanol–water partition coefficient (Wildman–Crippen LogP) is 1.77. The minimum Gasteiger partial charge on any atom is -0.305 e. The van der Waals surface area contributed by atoms with Gasteiger partial charge in [-0.25, -0.2) is 14.5 Å². The molecule has 0 aliphatic rings. The SMILES string of the molecule is Cc1cc(-c2ccnn2-c2ccccc2)nc2c(=O)[nH]c(=O)[nH]c12. The van der Waals surface area contributed by atoms with E-state index in [2.05, 4.69) is 20.1 Å². The second kappa shape index (κ2) is 5.31. The summed E-state index contributed by atoms with van der Waals surface area (Å²) in [5, 5.41) is 4.34. The van der Waals surface area contributed by atoms with Crippen molar-refractivity contribution in [2.45, 2.75) is 6.92 Å². The second-order valence-corrected chi connectivity index (χ2v) is 5.42. The Labute approximate surface area is 135 Å². The van der Waals surface area contributed by atoms with E-state index in [0.29, 0.717) is 11.2 Å². The maximum atomic E-state index is 12.1. The number of hydrogen-bond donors (Lipinski definition) is 2. The van der Waals surface area contributed by atoms with E-state index in [1.54, 1.807) is 10.9 Å². The summed E-state index contributed by atoms with van der Waals surface area (Å²) in [6.07, 6.45) is 1.68. The lowest BCUT2D eigenvalue weighted by atomic mass is 10.1. The average Bonchev–Trinajstić information content (AvgIpc) is 3.06. The van der Waals surface area contributed by atoms with Crippen LogP contribution in [0.1, 0.15) is 5.56 Å². The van der Waals surface area contributed by atoms with E-state index in [0.717, 1.165) is 16.9 Å². The van der Waals surface area contributed by atoms with Gasteiger partial charge in [-0.05, 0) is 36.8 Å². The highest BCUT2D eigenvalue weighted by molar-refractivity contribution is 5.80. The zero-order chi connectivity index (χ0) is 16.7. The van der Waals surface area contributed by atoms with Crippen LogP contribution >= 0.6 is 0 Å². The molecule has 4 aromatic rings. The number of pyridine rings is 1. The van der Waals surface area contributed by atoms with E-state index in [9.17, 15) is 9.59 Å². The number of para-hydroxylation sites is 1. The Morgan fingerprint density at radius 2 is 1.83 bits per heavy atom. The highest BCUT2D eigenvalue weighted by Gasteiger charge is 2.13. The molecule has 0 fully saturated rings. The Morgan fingerprint density at radius 3 is 2.62 bits per heavy atom. The number of fused-ring (bicyclic) bond motifs is 1. The lowest BCUT2D eigenvalue weighted by molar-refractivity contribution is 0.884. The van der Waals surface area contributed by atoms with Crippen LogP contribution in [0.2, 0.25) is 0 Å². The summed E-state index contributed by atoms with van der Waals surface area (Å²) in [6.45, 7) is 1.83. The first-order valence-corrected chi connectivity index (χ1v) is 7.37. The van der Waals surface area contributed by atoms with Crippen molar-refractivity contribution in [3.63, 3.8) is 0 Å². The van der Waals surface area contributed by atoms with Crippen molar-refractivity contribution in [2.24, 2.45) is 0 Å². The van der Waals surface area contributed by atoms with Crippen LogP contribution in [0.25, 0.3) is 28.1 Å². The predicted molar refractivity (Wildman–Crippen MR) is 90.3 cm³/mol. The number of H-pyrrole nitrogens is 2. The van der Waals surface area contributed by atoms with E-state index in [1.807, 2.05) is 49.4 Å². The monoisotopic (exact) mass is 319 g/mol. The normalized spacial score (nSPS) is 11.0. The van der Waals surface area contributed by atoms with Crippen molar-refractivity contribution in [1.82, 2.24) is 24.7 Å². The summed E-state index contributed by atoms with van der Waals surface area (Å²) in [5.74, 6) is 0. The Morgan fingerprint density at radius 1 is 1.04 bits per heavy atom. The van der Waals surface area contributed by atoms with Gasteiger partial charge >= 0.3 is 5.69 Å². The molecule has 3 heterocycles. The first-order chi connectivity index (χ1) is 11.6. The molecule has 2 N–H and O–H groups in total. The van der Waals surface area contributed by atoms with Gasteiger partial charge < -0.3 is 4.98 Å². The molecule has 0 amide bonds. The van der Waals surface area contributed by atoms with Gasteiger partial charge in [0.15, 0.2) is 5.52 Å². The van der Waals surface area contributed by atoms with Crippen LogP contribution in [0.5, 0.6) is 0 Å². The van der Waals surface area contributed by atoms with Gasteiger partial charge in [-0.2, -0.15) is 5.10 Å². The summed E-state index contributed by atoms with van der Waals surface area (Å²) >= 11 is 0. The standard InChI is InChI=1S/C17H13N5O2/c1-10-9-12(19-15-14(10)20-17(24)21-16(15)23)13-7-8-18-22(13)11-5-3-2-4-6-11/h2-9H,1H3,(H2,20,21,23,24). The molecule has 0 saturated heterocycles. The summed E-state index contributed by atoms with van der Waals surface area (Å²) in [5.41, 5.74) is 2.62. The van der Waals surface area contributed by atoms with Crippen LogP contribution in [0.3, 0.4) is 0 Å². The quantitative estimate of drug-likeness (QED) is 0.588. The first-order valence-electron chi connectivity index (χ1n) is 7.37. The number of nitrogens with one attached hydrogen (secondary N) is 2. The topological polar surface area (TPSA) is 96.4 Å². The number of aromatic amines is 2. The molecule has 0 radical (unpaired) electrons. The molecule has 0 aliphatic carbocycles. The fourth-order valence-corrected chi connectivity index (χ4v) is 2.71. The van der Waals surface area contributed by atoms with E-state index < -0.39 is 11.2 Å². The molecule has 3 aromatic heterocycles. The van der Waals surface area contributed by atoms with Gasteiger partial charge in [0.1, 0.15) is 0 Å². The smallest absolute Gasteiger partial charge is 0.305 e. The van der Waals surface area contributed by atoms with Crippen molar-refractivity contribution in [2.75, 3.05) is 0 Å². The van der Waals surface area contributed by atoms with E-state index in [4.69, 9.17) is 0 Å². The molecule has 1 aromatic carbocycles. The molecular formula is C17H13N5O2. The number of benzene rings is 1. The summed E-state index contributed by atoms with van der Waals surface area (Å²) in [6, 6.07) is 13.3. The molecule has 7 heteroatoms. The molecule has 0 atom stereocenters. The summed E-state index contributed by atoms with van der Waals surface area (Å²) in [7, 11) is 0. The van der Waals surface area contributed by atoms with Gasteiger partial charge in [0.2, 0.25) is 0 Å². The van der Waals surface area contributed by atoms with E-state index in [-0.39, 0.29) is 5.52 Å². The van der Waals surface area contributed by atoms with E-state index >= 15 is 0 Å². The number of rotatable bonds is 2. The number of aryl methyl sites for hydroxylation is 1. The molecule has 118 valence electrons. The van der Waals surface area contributed by atoms with Gasteiger partial charge in [0, 0.05) is 0 Å². The van der Waals surface area contributed by atoms with Crippen molar-refractivity contribution < 1.29 is 0 Å². The third kappa shape index (κ3) is 2.23. The van der Waals surface area contributed by atoms with Gasteiger partial charge in [-0.1, -0.05) is 18.2 Å². The third-order valence-corrected chi connectivity index (χ3v) is 3.80. The van der Waals surface area contributed by atoms with Crippen LogP contribution in [0.4, 0.5) is 0 Å². The van der Waals surface area contributed by atoms with Gasteiger partial charge in [0.25, 0.3) is 5.56 Å². The van der Waals surface area contributed by atoms with Crippen LogP contribution in [0.15, 0.2) is 58.3 Å². The van der Waals surface area contributed by atoms with Crippen molar-refractivity contribution in [3.05, 3.63) is 75.1 Å². The average molecular weight is 319 g/mol. The molecular weight excluding hydrogens is 306 g/mol. The Kier molecular flexibility index (Phi) is 3.13. The number of hydrogen-bond acceptors (Lipinski definition) is 4. The summed E-state index contributed by atoms with van der Waals surface area (Å²) in [4.78, 5) is 32.8. The zero-order valence-corrected chi connectivity index (χ0v) is 12.8. The molecule has 0 saturated carbocycles. The minimum absolute atomic E-state index is 0.199. The van der Waals surface area contributed by atoms with Crippen LogP contribution < -0.4 is 11.2 Å². The molecule has 0 bridgehead atoms. The Bertz CT molecular complexity index is 1160. The van der Waals surface area contributed by atoms with Gasteiger partial charge in [-0.15, -0.1) is 0 Å². The lowest BCUT2D eigenvalue weighted by Crippen LogP contribution is -2.23. The van der Waals surface area contributed by atoms with Gasteiger partial charge in [-0.3, -0.25) is 9.78 Å². The highest BCUT2D eigenvalue weighted by atomic mass is 16.2. The molecule has 24 heavy (non-hydrogen) atoms. The maximum absolute atomic E-state index is 12.1. The second-order valence-electron chi connectivity index (χ2n) is 5.42. The molecule has 0 spiro atoms.